The van der Waals surface area contributed by atoms with Crippen LogP contribution >= 0.6 is 0 Å². The van der Waals surface area contributed by atoms with Gasteiger partial charge in [-0.15, -0.1) is 5.10 Å². The summed E-state index contributed by atoms with van der Waals surface area (Å²) in [4.78, 5) is 7.44. The number of aliphatic hydroxyl groups is 2. The van der Waals surface area contributed by atoms with Crippen LogP contribution in [0.3, 0.4) is 0 Å². The van der Waals surface area contributed by atoms with Crippen LogP contribution in [-0.2, 0) is 4.74 Å². The molecule has 0 bridgehead atoms. The number of rotatable bonds is 2. The molecule has 0 aliphatic carbocycles. The molecule has 0 radical (unpaired) electrons. The number of aromatic nitrogens is 5. The van der Waals surface area contributed by atoms with Crippen LogP contribution in [0, 0.1) is 0 Å². The topological polar surface area (TPSA) is 132 Å². The maximum Gasteiger partial charge on any atom is 0.321 e. The van der Waals surface area contributed by atoms with Crippen molar-refractivity contribution in [3.8, 4) is 0 Å². The zero-order valence-electron chi connectivity index (χ0n) is 9.89. The summed E-state index contributed by atoms with van der Waals surface area (Å²) in [6, 6.07) is 0. The van der Waals surface area contributed by atoms with E-state index in [9.17, 15) is 13.9 Å². The minimum absolute atomic E-state index is 0.0122. The fourth-order valence-corrected chi connectivity index (χ4v) is 2.03. The number of alkyl halides is 2. The minimum atomic E-state index is -3.66. The predicted molar refractivity (Wildman–Crippen MR) is 59.5 cm³/mol. The second-order valence-corrected chi connectivity index (χ2v) is 4.29. The lowest BCUT2D eigenvalue weighted by molar-refractivity contribution is -0.142. The van der Waals surface area contributed by atoms with Gasteiger partial charge in [-0.3, -0.25) is 0 Å². The van der Waals surface area contributed by atoms with Gasteiger partial charge in [-0.1, -0.05) is 5.21 Å². The van der Waals surface area contributed by atoms with Crippen LogP contribution in [0.5, 0.6) is 0 Å². The molecule has 1 saturated heterocycles. The third kappa shape index (κ3) is 1.63. The maximum absolute atomic E-state index is 14.0. The first-order valence-electron chi connectivity index (χ1n) is 5.60. The minimum Gasteiger partial charge on any atom is -0.394 e. The summed E-state index contributed by atoms with van der Waals surface area (Å²) in [5.74, 6) is -3.67. The van der Waals surface area contributed by atoms with E-state index >= 15 is 0 Å². The molecular formula is C9H10F2N6O3. The SMILES string of the molecule is Nc1ncnc2c1nnn2[C@@H]1O[C@H](CO)[C@@H](O)C1(F)F. The largest absolute Gasteiger partial charge is 0.394 e. The van der Waals surface area contributed by atoms with E-state index in [1.165, 1.54) is 0 Å². The molecule has 2 aromatic heterocycles. The molecule has 11 heteroatoms. The number of halogens is 2. The number of hydrogen-bond acceptors (Lipinski definition) is 8. The lowest BCUT2D eigenvalue weighted by Gasteiger charge is -2.19. The van der Waals surface area contributed by atoms with E-state index in [2.05, 4.69) is 20.3 Å². The summed E-state index contributed by atoms with van der Waals surface area (Å²) in [6.07, 6.45) is -4.44. The van der Waals surface area contributed by atoms with Crippen molar-refractivity contribution in [1.29, 1.82) is 0 Å². The van der Waals surface area contributed by atoms with Gasteiger partial charge in [-0.2, -0.15) is 13.5 Å². The van der Waals surface area contributed by atoms with Gasteiger partial charge in [0.1, 0.15) is 12.4 Å². The zero-order chi connectivity index (χ0) is 14.5. The molecule has 1 aliphatic heterocycles. The van der Waals surface area contributed by atoms with Crippen molar-refractivity contribution in [3.05, 3.63) is 6.33 Å². The normalized spacial score (nSPS) is 29.1. The quantitative estimate of drug-likeness (QED) is 0.620. The Balaban J connectivity index is 2.10. The number of anilines is 1. The first-order valence-corrected chi connectivity index (χ1v) is 5.60. The highest BCUT2D eigenvalue weighted by Crippen LogP contribution is 2.43. The number of hydrogen-bond donors (Lipinski definition) is 3. The highest BCUT2D eigenvalue weighted by molar-refractivity contribution is 5.80. The van der Waals surface area contributed by atoms with E-state index in [0.29, 0.717) is 4.68 Å². The molecule has 0 aromatic carbocycles. The first-order chi connectivity index (χ1) is 9.46. The molecule has 20 heavy (non-hydrogen) atoms. The van der Waals surface area contributed by atoms with Gasteiger partial charge in [0.05, 0.1) is 6.61 Å². The molecule has 0 spiro atoms. The summed E-state index contributed by atoms with van der Waals surface area (Å²) >= 11 is 0. The number of nitrogens with two attached hydrogens (primary N) is 1. The van der Waals surface area contributed by atoms with E-state index in [-0.39, 0.29) is 17.0 Å². The van der Waals surface area contributed by atoms with Crippen molar-refractivity contribution in [2.24, 2.45) is 0 Å². The van der Waals surface area contributed by atoms with Gasteiger partial charge >= 0.3 is 5.92 Å². The Morgan fingerprint density at radius 1 is 1.45 bits per heavy atom. The number of nitrogens with zero attached hydrogens (tertiary/aromatic N) is 5. The lowest BCUT2D eigenvalue weighted by atomic mass is 10.1. The average molecular weight is 288 g/mol. The Hall–Kier alpha value is -1.98. The van der Waals surface area contributed by atoms with Crippen LogP contribution in [0.15, 0.2) is 6.33 Å². The van der Waals surface area contributed by atoms with Crippen LogP contribution in [0.2, 0.25) is 0 Å². The van der Waals surface area contributed by atoms with Crippen LogP contribution < -0.4 is 5.73 Å². The monoisotopic (exact) mass is 288 g/mol. The molecule has 1 aliphatic rings. The summed E-state index contributed by atoms with van der Waals surface area (Å²) in [5, 5.41) is 25.5. The molecule has 3 atom stereocenters. The Labute approximate surface area is 110 Å². The molecule has 0 saturated carbocycles. The zero-order valence-corrected chi connectivity index (χ0v) is 9.89. The molecule has 4 N–H and O–H groups in total. The molecule has 2 aromatic rings. The van der Waals surface area contributed by atoms with Gasteiger partial charge in [-0.05, 0) is 0 Å². The van der Waals surface area contributed by atoms with Gasteiger partial charge in [0.25, 0.3) is 0 Å². The van der Waals surface area contributed by atoms with Crippen molar-refractivity contribution >= 4 is 17.0 Å². The second-order valence-electron chi connectivity index (χ2n) is 4.29. The van der Waals surface area contributed by atoms with E-state index < -0.39 is 31.0 Å². The highest BCUT2D eigenvalue weighted by Gasteiger charge is 2.60. The average Bonchev–Trinajstić information content (AvgIpc) is 2.92. The van der Waals surface area contributed by atoms with Gasteiger partial charge in [0.15, 0.2) is 23.1 Å². The van der Waals surface area contributed by atoms with Crippen molar-refractivity contribution in [1.82, 2.24) is 25.0 Å². The summed E-state index contributed by atoms with van der Waals surface area (Å²) in [7, 11) is 0. The lowest BCUT2D eigenvalue weighted by Crippen LogP contribution is -2.39. The van der Waals surface area contributed by atoms with Crippen molar-refractivity contribution in [2.45, 2.75) is 24.4 Å². The van der Waals surface area contributed by atoms with Crippen LogP contribution in [0.1, 0.15) is 6.23 Å². The van der Waals surface area contributed by atoms with E-state index in [1.54, 1.807) is 0 Å². The fraction of sp³-hybridized carbons (Fsp3) is 0.556. The summed E-state index contributed by atoms with van der Waals surface area (Å²) in [5.41, 5.74) is 5.53. The van der Waals surface area contributed by atoms with E-state index in [4.69, 9.17) is 15.6 Å². The second kappa shape index (κ2) is 4.26. The van der Waals surface area contributed by atoms with Gasteiger partial charge < -0.3 is 20.7 Å². The predicted octanol–water partition coefficient (Wildman–Crippen LogP) is -1.31. The number of nitrogen functional groups attached to an aromatic ring is 1. The van der Waals surface area contributed by atoms with Gasteiger partial charge in [-0.25, -0.2) is 9.97 Å². The number of fused-ring (bicyclic) bond motifs is 1. The molecule has 0 unspecified atom stereocenters. The Morgan fingerprint density at radius 3 is 2.85 bits per heavy atom. The third-order valence-corrected chi connectivity index (χ3v) is 3.07. The van der Waals surface area contributed by atoms with Crippen LogP contribution in [0.25, 0.3) is 11.2 Å². The molecule has 9 nitrogen and oxygen atoms in total. The highest BCUT2D eigenvalue weighted by atomic mass is 19.3. The smallest absolute Gasteiger partial charge is 0.321 e. The Bertz CT molecular complexity index is 650. The van der Waals surface area contributed by atoms with E-state index in [0.717, 1.165) is 6.33 Å². The Morgan fingerprint density at radius 2 is 2.20 bits per heavy atom. The third-order valence-electron chi connectivity index (χ3n) is 3.07. The van der Waals surface area contributed by atoms with Gasteiger partial charge in [0.2, 0.25) is 6.23 Å². The van der Waals surface area contributed by atoms with Crippen molar-refractivity contribution < 1.29 is 23.7 Å². The Kier molecular flexibility index (Phi) is 2.77. The molecular weight excluding hydrogens is 278 g/mol. The molecule has 108 valence electrons. The molecule has 0 amide bonds. The molecule has 1 fully saturated rings. The summed E-state index contributed by atoms with van der Waals surface area (Å²) < 4.78 is 33.6. The van der Waals surface area contributed by atoms with Crippen molar-refractivity contribution in [2.75, 3.05) is 12.3 Å². The number of ether oxygens (including phenoxy) is 1. The maximum atomic E-state index is 14.0. The fourth-order valence-electron chi connectivity index (χ4n) is 2.03. The standard InChI is InChI=1S/C9H10F2N6O3/c10-9(11)5(19)3(1-18)20-8(9)17-7-4(15-16-17)6(12)13-2-14-7/h2-3,5,8,18-19H,1H2,(H2,12,13,14)/t3-,5-,8-/m1/s1. The molecule has 3 rings (SSSR count). The number of aliphatic hydroxyl groups excluding tert-OH is 2. The van der Waals surface area contributed by atoms with E-state index in [1.807, 2.05) is 0 Å². The van der Waals surface area contributed by atoms with Crippen molar-refractivity contribution in [3.63, 3.8) is 0 Å². The summed E-state index contributed by atoms with van der Waals surface area (Å²) in [6.45, 7) is -0.753. The first kappa shape index (κ1) is 13.0. The van der Waals surface area contributed by atoms with Crippen LogP contribution in [0.4, 0.5) is 14.6 Å². The molecule has 3 heterocycles. The van der Waals surface area contributed by atoms with Crippen LogP contribution in [-0.4, -0.2) is 59.9 Å². The van der Waals surface area contributed by atoms with Gasteiger partial charge in [0, 0.05) is 0 Å².